The number of esters is 1. The number of nitrogens with one attached hydrogen (secondary N) is 1. The average Bonchev–Trinajstić information content (AvgIpc) is 3.02. The molecule has 0 aliphatic carbocycles. The molecule has 1 aromatic heterocycles. The number of amides is 1. The van der Waals surface area contributed by atoms with Gasteiger partial charge in [-0.25, -0.2) is 14.2 Å². The fraction of sp³-hybridized carbons (Fsp3) is 0.211. The number of hydrogen-bond donors (Lipinski definition) is 1. The molecule has 27 heavy (non-hydrogen) atoms. The largest absolute Gasteiger partial charge is 0.465 e. The Hall–Kier alpha value is -3.00. The number of carbonyl (C=O) groups is 2. The van der Waals surface area contributed by atoms with Crippen LogP contribution in [0.1, 0.15) is 10.4 Å². The van der Waals surface area contributed by atoms with Gasteiger partial charge in [0.05, 0.1) is 34.5 Å². The second kappa shape index (κ2) is 6.96. The van der Waals surface area contributed by atoms with Crippen molar-refractivity contribution in [1.82, 2.24) is 4.98 Å². The molecule has 1 fully saturated rings. The van der Waals surface area contributed by atoms with Crippen molar-refractivity contribution < 1.29 is 18.7 Å². The molecule has 6 nitrogen and oxygen atoms in total. The van der Waals surface area contributed by atoms with Crippen LogP contribution in [0.15, 0.2) is 42.5 Å². The Kier molecular flexibility index (Phi) is 4.49. The number of thiazole rings is 1. The molecule has 0 radical (unpaired) electrons. The van der Waals surface area contributed by atoms with Crippen molar-refractivity contribution in [2.45, 2.75) is 0 Å². The van der Waals surface area contributed by atoms with Crippen molar-refractivity contribution in [1.29, 1.82) is 0 Å². The number of aromatic nitrogens is 1. The van der Waals surface area contributed by atoms with E-state index in [4.69, 9.17) is 4.74 Å². The lowest BCUT2D eigenvalue weighted by Gasteiger charge is -2.38. The fourth-order valence-corrected chi connectivity index (χ4v) is 3.95. The zero-order valence-corrected chi connectivity index (χ0v) is 15.3. The van der Waals surface area contributed by atoms with Gasteiger partial charge in [-0.1, -0.05) is 23.5 Å². The standard InChI is InChI=1S/C19H16FN3O3S/c1-26-18(25)13-4-2-3-5-14(13)21-17(24)11-9-23(10-11)19-22-15-7-6-12(20)8-16(15)27-19/h2-8,11H,9-10H2,1H3,(H,21,24). The van der Waals surface area contributed by atoms with Crippen molar-refractivity contribution in [3.05, 3.63) is 53.8 Å². The van der Waals surface area contributed by atoms with E-state index in [-0.39, 0.29) is 17.6 Å². The molecule has 0 atom stereocenters. The second-order valence-electron chi connectivity index (χ2n) is 6.24. The third kappa shape index (κ3) is 3.35. The Morgan fingerprint density at radius 2 is 2.04 bits per heavy atom. The third-order valence-electron chi connectivity index (χ3n) is 4.45. The number of para-hydroxylation sites is 1. The summed E-state index contributed by atoms with van der Waals surface area (Å²) in [6.07, 6.45) is 0. The van der Waals surface area contributed by atoms with Gasteiger partial charge in [0.1, 0.15) is 5.82 Å². The molecule has 3 aromatic rings. The Morgan fingerprint density at radius 3 is 2.81 bits per heavy atom. The minimum atomic E-state index is -0.497. The van der Waals surface area contributed by atoms with Crippen molar-refractivity contribution in [3.63, 3.8) is 0 Å². The highest BCUT2D eigenvalue weighted by Crippen LogP contribution is 2.33. The predicted molar refractivity (Wildman–Crippen MR) is 102 cm³/mol. The lowest BCUT2D eigenvalue weighted by molar-refractivity contribution is -0.120. The van der Waals surface area contributed by atoms with Gasteiger partial charge in [-0.2, -0.15) is 0 Å². The van der Waals surface area contributed by atoms with E-state index in [0.717, 1.165) is 15.3 Å². The van der Waals surface area contributed by atoms with Gasteiger partial charge in [0.2, 0.25) is 5.91 Å². The van der Waals surface area contributed by atoms with Crippen LogP contribution >= 0.6 is 11.3 Å². The van der Waals surface area contributed by atoms with E-state index < -0.39 is 5.97 Å². The van der Waals surface area contributed by atoms with Gasteiger partial charge in [0.25, 0.3) is 0 Å². The number of fused-ring (bicyclic) bond motifs is 1. The maximum absolute atomic E-state index is 13.3. The topological polar surface area (TPSA) is 71.5 Å². The number of methoxy groups -OCH3 is 1. The number of ether oxygens (including phenoxy) is 1. The smallest absolute Gasteiger partial charge is 0.339 e. The first-order valence-corrected chi connectivity index (χ1v) is 9.16. The number of hydrogen-bond acceptors (Lipinski definition) is 6. The Morgan fingerprint density at radius 1 is 1.26 bits per heavy atom. The maximum atomic E-state index is 13.3. The first-order valence-electron chi connectivity index (χ1n) is 8.34. The molecule has 1 N–H and O–H groups in total. The molecule has 1 aliphatic heterocycles. The highest BCUT2D eigenvalue weighted by Gasteiger charge is 2.34. The maximum Gasteiger partial charge on any atom is 0.339 e. The lowest BCUT2D eigenvalue weighted by atomic mass is 9.99. The summed E-state index contributed by atoms with van der Waals surface area (Å²) in [5, 5.41) is 3.57. The van der Waals surface area contributed by atoms with Crippen LogP contribution in [0.3, 0.4) is 0 Å². The van der Waals surface area contributed by atoms with Crippen molar-refractivity contribution in [2.75, 3.05) is 30.4 Å². The van der Waals surface area contributed by atoms with Crippen LogP contribution in [0.4, 0.5) is 15.2 Å². The van der Waals surface area contributed by atoms with Gasteiger partial charge >= 0.3 is 5.97 Å². The van der Waals surface area contributed by atoms with Gasteiger partial charge in [0, 0.05) is 13.1 Å². The van der Waals surface area contributed by atoms with Gasteiger partial charge in [-0.3, -0.25) is 4.79 Å². The molecule has 1 aliphatic rings. The molecular weight excluding hydrogens is 369 g/mol. The molecule has 4 rings (SSSR count). The SMILES string of the molecule is COC(=O)c1ccccc1NC(=O)C1CN(c2nc3ccc(F)cc3s2)C1. The molecular formula is C19H16FN3O3S. The summed E-state index contributed by atoms with van der Waals surface area (Å²) in [4.78, 5) is 30.8. The molecule has 2 heterocycles. The quantitative estimate of drug-likeness (QED) is 0.698. The van der Waals surface area contributed by atoms with E-state index >= 15 is 0 Å². The lowest BCUT2D eigenvalue weighted by Crippen LogP contribution is -2.52. The normalized spacial score (nSPS) is 14.1. The summed E-state index contributed by atoms with van der Waals surface area (Å²) in [5.41, 5.74) is 1.50. The molecule has 8 heteroatoms. The van der Waals surface area contributed by atoms with E-state index in [2.05, 4.69) is 10.3 Å². The molecule has 0 unspecified atom stereocenters. The van der Waals surface area contributed by atoms with E-state index in [1.54, 1.807) is 30.3 Å². The molecule has 0 bridgehead atoms. The number of carbonyl (C=O) groups excluding carboxylic acids is 2. The Labute approximate surface area is 158 Å². The molecule has 138 valence electrons. The number of halogens is 1. The van der Waals surface area contributed by atoms with E-state index in [0.29, 0.717) is 24.3 Å². The summed E-state index contributed by atoms with van der Waals surface area (Å²) in [5.74, 6) is -1.15. The van der Waals surface area contributed by atoms with Crippen LogP contribution in [0.2, 0.25) is 0 Å². The molecule has 2 aromatic carbocycles. The summed E-state index contributed by atoms with van der Waals surface area (Å²) in [6, 6.07) is 11.2. The highest BCUT2D eigenvalue weighted by atomic mass is 32.1. The van der Waals surface area contributed by atoms with Crippen LogP contribution in [0.25, 0.3) is 10.2 Å². The number of anilines is 2. The van der Waals surface area contributed by atoms with E-state index in [1.807, 2.05) is 4.90 Å². The number of nitrogens with zero attached hydrogens (tertiary/aromatic N) is 2. The summed E-state index contributed by atoms with van der Waals surface area (Å²) >= 11 is 1.40. The number of benzene rings is 2. The summed E-state index contributed by atoms with van der Waals surface area (Å²) in [6.45, 7) is 1.04. The van der Waals surface area contributed by atoms with Crippen molar-refractivity contribution >= 4 is 44.2 Å². The van der Waals surface area contributed by atoms with Crippen LogP contribution in [0.5, 0.6) is 0 Å². The molecule has 1 saturated heterocycles. The Bertz CT molecular complexity index is 1030. The first kappa shape index (κ1) is 17.4. The average molecular weight is 385 g/mol. The van der Waals surface area contributed by atoms with Gasteiger partial charge in [-0.15, -0.1) is 0 Å². The zero-order valence-electron chi connectivity index (χ0n) is 14.4. The highest BCUT2D eigenvalue weighted by molar-refractivity contribution is 7.22. The monoisotopic (exact) mass is 385 g/mol. The fourth-order valence-electron chi connectivity index (χ4n) is 2.94. The van der Waals surface area contributed by atoms with Crippen molar-refractivity contribution in [2.24, 2.45) is 5.92 Å². The first-order chi connectivity index (χ1) is 13.0. The molecule has 1 amide bonds. The van der Waals surface area contributed by atoms with Gasteiger partial charge in [0.15, 0.2) is 5.13 Å². The molecule has 0 spiro atoms. The van der Waals surface area contributed by atoms with Crippen LogP contribution in [0, 0.1) is 11.7 Å². The zero-order chi connectivity index (χ0) is 19.0. The summed E-state index contributed by atoms with van der Waals surface area (Å²) in [7, 11) is 1.30. The predicted octanol–water partition coefficient (Wildman–Crippen LogP) is 3.30. The Balaban J connectivity index is 1.42. The minimum absolute atomic E-state index is 0.158. The third-order valence-corrected chi connectivity index (χ3v) is 5.53. The second-order valence-corrected chi connectivity index (χ2v) is 7.25. The van der Waals surface area contributed by atoms with Crippen LogP contribution < -0.4 is 10.2 Å². The van der Waals surface area contributed by atoms with Crippen molar-refractivity contribution in [3.8, 4) is 0 Å². The van der Waals surface area contributed by atoms with E-state index in [1.165, 1.54) is 30.6 Å². The number of rotatable bonds is 4. The summed E-state index contributed by atoms with van der Waals surface area (Å²) < 4.78 is 18.8. The van der Waals surface area contributed by atoms with Crippen LogP contribution in [-0.2, 0) is 9.53 Å². The van der Waals surface area contributed by atoms with Gasteiger partial charge < -0.3 is 15.0 Å². The van der Waals surface area contributed by atoms with Gasteiger partial charge in [-0.05, 0) is 30.3 Å². The van der Waals surface area contributed by atoms with E-state index in [9.17, 15) is 14.0 Å². The molecule has 0 saturated carbocycles. The van der Waals surface area contributed by atoms with Crippen LogP contribution in [-0.4, -0.2) is 37.1 Å². The minimum Gasteiger partial charge on any atom is -0.465 e.